The molecule has 1 saturated heterocycles. The lowest BCUT2D eigenvalue weighted by atomic mass is 9.88. The SMILES string of the molecule is OC1(c2ccccn2)CCN(Cc2ccc(Cl)o2)CC1. The zero-order chi connectivity index (χ0) is 14.0. The van der Waals surface area contributed by atoms with Gasteiger partial charge in [0.15, 0.2) is 5.22 Å². The van der Waals surface area contributed by atoms with Gasteiger partial charge < -0.3 is 9.52 Å². The zero-order valence-electron chi connectivity index (χ0n) is 11.1. The number of nitrogens with zero attached hydrogens (tertiary/aromatic N) is 2. The number of halogens is 1. The molecule has 5 heteroatoms. The molecule has 1 N–H and O–H groups in total. The molecule has 0 aromatic carbocycles. The molecule has 1 aliphatic rings. The van der Waals surface area contributed by atoms with Crippen LogP contribution in [0.5, 0.6) is 0 Å². The minimum Gasteiger partial charge on any atom is -0.448 e. The van der Waals surface area contributed by atoms with Crippen molar-refractivity contribution in [2.75, 3.05) is 13.1 Å². The van der Waals surface area contributed by atoms with Crippen LogP contribution in [0.4, 0.5) is 0 Å². The van der Waals surface area contributed by atoms with E-state index >= 15 is 0 Å². The van der Waals surface area contributed by atoms with Gasteiger partial charge in [-0.1, -0.05) is 6.07 Å². The summed E-state index contributed by atoms with van der Waals surface area (Å²) in [5.74, 6) is 0.860. The van der Waals surface area contributed by atoms with Crippen molar-refractivity contribution in [3.05, 3.63) is 53.2 Å². The molecule has 4 nitrogen and oxygen atoms in total. The van der Waals surface area contributed by atoms with Crippen molar-refractivity contribution >= 4 is 11.6 Å². The summed E-state index contributed by atoms with van der Waals surface area (Å²) in [6.45, 7) is 2.35. The third-order valence-corrected chi connectivity index (χ3v) is 4.04. The van der Waals surface area contributed by atoms with Crippen LogP contribution in [-0.2, 0) is 12.1 Å². The lowest BCUT2D eigenvalue weighted by Crippen LogP contribution is -2.42. The van der Waals surface area contributed by atoms with Crippen LogP contribution < -0.4 is 0 Å². The second-order valence-corrected chi connectivity index (χ2v) is 5.60. The molecule has 0 bridgehead atoms. The zero-order valence-corrected chi connectivity index (χ0v) is 11.9. The second kappa shape index (κ2) is 5.56. The van der Waals surface area contributed by atoms with E-state index < -0.39 is 5.60 Å². The highest BCUT2D eigenvalue weighted by atomic mass is 35.5. The average Bonchev–Trinajstić information content (AvgIpc) is 2.88. The highest BCUT2D eigenvalue weighted by molar-refractivity contribution is 6.28. The fourth-order valence-electron chi connectivity index (χ4n) is 2.63. The lowest BCUT2D eigenvalue weighted by molar-refractivity contribution is -0.0322. The Labute approximate surface area is 123 Å². The molecular formula is C15H17ClN2O2. The number of hydrogen-bond donors (Lipinski definition) is 1. The van der Waals surface area contributed by atoms with Gasteiger partial charge in [0.25, 0.3) is 0 Å². The standard InChI is InChI=1S/C15H17ClN2O2/c16-14-5-4-12(20-14)11-18-9-6-15(19,7-10-18)13-3-1-2-8-17-13/h1-5,8,19H,6-7,9-11H2. The van der Waals surface area contributed by atoms with Crippen LogP contribution in [-0.4, -0.2) is 28.1 Å². The van der Waals surface area contributed by atoms with Crippen molar-refractivity contribution in [1.29, 1.82) is 0 Å². The van der Waals surface area contributed by atoms with Gasteiger partial charge in [-0.25, -0.2) is 0 Å². The van der Waals surface area contributed by atoms with Crippen LogP contribution >= 0.6 is 11.6 Å². The molecule has 20 heavy (non-hydrogen) atoms. The molecule has 0 amide bonds. The molecule has 0 radical (unpaired) electrons. The molecule has 1 fully saturated rings. The number of rotatable bonds is 3. The maximum atomic E-state index is 10.7. The van der Waals surface area contributed by atoms with Gasteiger partial charge in [-0.15, -0.1) is 0 Å². The van der Waals surface area contributed by atoms with E-state index in [9.17, 15) is 5.11 Å². The van der Waals surface area contributed by atoms with Gasteiger partial charge in [-0.05, 0) is 48.7 Å². The molecular weight excluding hydrogens is 276 g/mol. The van der Waals surface area contributed by atoms with E-state index in [2.05, 4.69) is 9.88 Å². The molecule has 3 heterocycles. The molecule has 0 atom stereocenters. The Kier molecular flexibility index (Phi) is 3.78. The topological polar surface area (TPSA) is 49.5 Å². The minimum absolute atomic E-state index is 0.419. The van der Waals surface area contributed by atoms with E-state index in [4.69, 9.17) is 16.0 Å². The summed E-state index contributed by atoms with van der Waals surface area (Å²) < 4.78 is 5.37. The van der Waals surface area contributed by atoms with Crippen molar-refractivity contribution in [1.82, 2.24) is 9.88 Å². The largest absolute Gasteiger partial charge is 0.448 e. The predicted octanol–water partition coefficient (Wildman–Crippen LogP) is 2.81. The monoisotopic (exact) mass is 292 g/mol. The van der Waals surface area contributed by atoms with Crippen molar-refractivity contribution in [3.8, 4) is 0 Å². The van der Waals surface area contributed by atoms with Gasteiger partial charge in [0, 0.05) is 19.3 Å². The summed E-state index contributed by atoms with van der Waals surface area (Å²) in [6, 6.07) is 9.31. The molecule has 0 saturated carbocycles. The van der Waals surface area contributed by atoms with Gasteiger partial charge in [0.1, 0.15) is 11.4 Å². The van der Waals surface area contributed by atoms with Gasteiger partial charge >= 0.3 is 0 Å². The number of aromatic nitrogens is 1. The van der Waals surface area contributed by atoms with Crippen molar-refractivity contribution in [2.45, 2.75) is 25.0 Å². The Balaban J connectivity index is 1.62. The normalized spacial score (nSPS) is 19.1. The molecule has 2 aromatic rings. The van der Waals surface area contributed by atoms with Crippen LogP contribution in [0.25, 0.3) is 0 Å². The van der Waals surface area contributed by atoms with Crippen LogP contribution in [0.1, 0.15) is 24.3 Å². The Morgan fingerprint density at radius 2 is 2.05 bits per heavy atom. The second-order valence-electron chi connectivity index (χ2n) is 5.23. The van der Waals surface area contributed by atoms with E-state index in [0.717, 1.165) is 31.1 Å². The summed E-state index contributed by atoms with van der Waals surface area (Å²) in [5.41, 5.74) is -0.0424. The molecule has 0 unspecified atom stereocenters. The Morgan fingerprint density at radius 1 is 1.25 bits per heavy atom. The Hall–Kier alpha value is -1.36. The molecule has 106 valence electrons. The van der Waals surface area contributed by atoms with E-state index in [1.165, 1.54) is 0 Å². The van der Waals surface area contributed by atoms with Crippen molar-refractivity contribution < 1.29 is 9.52 Å². The molecule has 2 aromatic heterocycles. The third-order valence-electron chi connectivity index (χ3n) is 3.83. The number of pyridine rings is 1. The smallest absolute Gasteiger partial charge is 0.193 e. The van der Waals surface area contributed by atoms with Gasteiger partial charge in [-0.3, -0.25) is 9.88 Å². The number of furan rings is 1. The Bertz CT molecular complexity index is 562. The lowest BCUT2D eigenvalue weighted by Gasteiger charge is -2.37. The quantitative estimate of drug-likeness (QED) is 0.945. The fourth-order valence-corrected chi connectivity index (χ4v) is 2.79. The summed E-state index contributed by atoms with van der Waals surface area (Å²) in [4.78, 5) is 6.54. The van der Waals surface area contributed by atoms with Crippen LogP contribution in [0.2, 0.25) is 5.22 Å². The predicted molar refractivity (Wildman–Crippen MR) is 76.4 cm³/mol. The summed E-state index contributed by atoms with van der Waals surface area (Å²) in [6.07, 6.45) is 3.08. The summed E-state index contributed by atoms with van der Waals surface area (Å²) in [5, 5.41) is 11.1. The highest BCUT2D eigenvalue weighted by Crippen LogP contribution is 2.32. The van der Waals surface area contributed by atoms with E-state index in [0.29, 0.717) is 18.1 Å². The highest BCUT2D eigenvalue weighted by Gasteiger charge is 2.35. The fraction of sp³-hybridized carbons (Fsp3) is 0.400. The third kappa shape index (κ3) is 2.87. The first-order valence-corrected chi connectivity index (χ1v) is 7.14. The van der Waals surface area contributed by atoms with Crippen LogP contribution in [0.15, 0.2) is 40.9 Å². The number of likely N-dealkylation sites (tertiary alicyclic amines) is 1. The van der Waals surface area contributed by atoms with E-state index in [1.807, 2.05) is 24.3 Å². The van der Waals surface area contributed by atoms with Crippen molar-refractivity contribution in [3.63, 3.8) is 0 Å². The first-order valence-electron chi connectivity index (χ1n) is 6.76. The first-order chi connectivity index (χ1) is 9.66. The molecule has 0 aliphatic carbocycles. The number of aliphatic hydroxyl groups is 1. The average molecular weight is 293 g/mol. The summed E-state index contributed by atoms with van der Waals surface area (Å²) >= 11 is 5.77. The van der Waals surface area contributed by atoms with Gasteiger partial charge in [-0.2, -0.15) is 0 Å². The Morgan fingerprint density at radius 3 is 2.65 bits per heavy atom. The van der Waals surface area contributed by atoms with Crippen LogP contribution in [0.3, 0.4) is 0 Å². The van der Waals surface area contributed by atoms with E-state index in [1.54, 1.807) is 12.3 Å². The van der Waals surface area contributed by atoms with Gasteiger partial charge in [0.2, 0.25) is 0 Å². The number of hydrogen-bond acceptors (Lipinski definition) is 4. The molecule has 0 spiro atoms. The molecule has 1 aliphatic heterocycles. The van der Waals surface area contributed by atoms with Crippen LogP contribution in [0, 0.1) is 0 Å². The van der Waals surface area contributed by atoms with E-state index in [-0.39, 0.29) is 0 Å². The number of piperidine rings is 1. The maximum Gasteiger partial charge on any atom is 0.193 e. The minimum atomic E-state index is -0.807. The maximum absolute atomic E-state index is 10.7. The summed E-state index contributed by atoms with van der Waals surface area (Å²) in [7, 11) is 0. The molecule has 3 rings (SSSR count). The van der Waals surface area contributed by atoms with Gasteiger partial charge in [0.05, 0.1) is 12.2 Å². The first kappa shape index (κ1) is 13.6. The van der Waals surface area contributed by atoms with Crippen molar-refractivity contribution in [2.24, 2.45) is 0 Å².